The molecule has 29 heavy (non-hydrogen) atoms. The van der Waals surface area contributed by atoms with Crippen molar-refractivity contribution in [3.63, 3.8) is 0 Å². The van der Waals surface area contributed by atoms with E-state index in [2.05, 4.69) is 5.32 Å². The van der Waals surface area contributed by atoms with Crippen molar-refractivity contribution in [3.05, 3.63) is 65.7 Å². The van der Waals surface area contributed by atoms with Crippen LogP contribution in [0.5, 0.6) is 5.75 Å². The number of rotatable bonds is 9. The second-order valence-corrected chi connectivity index (χ2v) is 7.12. The van der Waals surface area contributed by atoms with Gasteiger partial charge in [-0.15, -0.1) is 0 Å². The predicted octanol–water partition coefficient (Wildman–Crippen LogP) is 3.65. The lowest BCUT2D eigenvalue weighted by Crippen LogP contribution is -2.50. The SMILES string of the molecule is CC(C)C(NC(=O)c1ccc(F)cc1)C(=O)N(C)CCCOc1ccc(F)cc1. The third kappa shape index (κ3) is 6.85. The van der Waals surface area contributed by atoms with Crippen LogP contribution in [0.2, 0.25) is 0 Å². The van der Waals surface area contributed by atoms with Crippen molar-refractivity contribution in [2.24, 2.45) is 5.92 Å². The van der Waals surface area contributed by atoms with Crippen molar-refractivity contribution in [2.45, 2.75) is 26.3 Å². The minimum absolute atomic E-state index is 0.121. The largest absolute Gasteiger partial charge is 0.494 e. The molecular formula is C22H26F2N2O3. The molecule has 2 aromatic carbocycles. The summed E-state index contributed by atoms with van der Waals surface area (Å²) in [5.41, 5.74) is 0.292. The maximum absolute atomic E-state index is 13.0. The molecule has 0 heterocycles. The lowest BCUT2D eigenvalue weighted by atomic mass is 10.0. The van der Waals surface area contributed by atoms with E-state index in [1.807, 2.05) is 13.8 Å². The van der Waals surface area contributed by atoms with Crippen molar-refractivity contribution in [1.82, 2.24) is 10.2 Å². The van der Waals surface area contributed by atoms with E-state index in [0.29, 0.717) is 30.9 Å². The van der Waals surface area contributed by atoms with Crippen LogP contribution in [-0.4, -0.2) is 43.0 Å². The van der Waals surface area contributed by atoms with Gasteiger partial charge in [0.05, 0.1) is 6.61 Å². The first-order chi connectivity index (χ1) is 13.8. The third-order valence-corrected chi connectivity index (χ3v) is 4.42. The Bertz CT molecular complexity index is 808. The molecule has 0 bridgehead atoms. The highest BCUT2D eigenvalue weighted by molar-refractivity contribution is 5.97. The van der Waals surface area contributed by atoms with Gasteiger partial charge in [0, 0.05) is 19.2 Å². The topological polar surface area (TPSA) is 58.6 Å². The molecule has 0 aliphatic rings. The highest BCUT2D eigenvalue weighted by Gasteiger charge is 2.27. The number of carbonyl (C=O) groups excluding carboxylic acids is 2. The van der Waals surface area contributed by atoms with Crippen LogP contribution in [-0.2, 0) is 4.79 Å². The zero-order valence-electron chi connectivity index (χ0n) is 16.8. The van der Waals surface area contributed by atoms with Crippen LogP contribution in [0.4, 0.5) is 8.78 Å². The summed E-state index contributed by atoms with van der Waals surface area (Å²) in [7, 11) is 1.67. The second-order valence-electron chi connectivity index (χ2n) is 7.12. The molecular weight excluding hydrogens is 378 g/mol. The van der Waals surface area contributed by atoms with Crippen LogP contribution in [0.15, 0.2) is 48.5 Å². The fourth-order valence-corrected chi connectivity index (χ4v) is 2.71. The lowest BCUT2D eigenvalue weighted by Gasteiger charge is -2.27. The van der Waals surface area contributed by atoms with E-state index in [-0.39, 0.29) is 17.6 Å². The average molecular weight is 404 g/mol. The summed E-state index contributed by atoms with van der Waals surface area (Å²) in [5.74, 6) is -0.954. The quantitative estimate of drug-likeness (QED) is 0.649. The fraction of sp³-hybridized carbons (Fsp3) is 0.364. The average Bonchev–Trinajstić information content (AvgIpc) is 2.70. The first-order valence-electron chi connectivity index (χ1n) is 9.47. The number of hydrogen-bond donors (Lipinski definition) is 1. The number of halogens is 2. The highest BCUT2D eigenvalue weighted by atomic mass is 19.1. The molecule has 0 fully saturated rings. The van der Waals surface area contributed by atoms with E-state index >= 15 is 0 Å². The van der Waals surface area contributed by atoms with Crippen LogP contribution in [0.1, 0.15) is 30.6 Å². The Balaban J connectivity index is 1.85. The summed E-state index contributed by atoms with van der Waals surface area (Å²) in [6.07, 6.45) is 0.580. The predicted molar refractivity (Wildman–Crippen MR) is 107 cm³/mol. The third-order valence-electron chi connectivity index (χ3n) is 4.42. The van der Waals surface area contributed by atoms with Crippen molar-refractivity contribution in [1.29, 1.82) is 0 Å². The molecule has 2 aromatic rings. The first kappa shape index (κ1) is 22.3. The van der Waals surface area contributed by atoms with Gasteiger partial charge in [-0.3, -0.25) is 9.59 Å². The van der Waals surface area contributed by atoms with Crippen LogP contribution < -0.4 is 10.1 Å². The minimum atomic E-state index is -0.699. The van der Waals surface area contributed by atoms with Crippen LogP contribution >= 0.6 is 0 Å². The smallest absolute Gasteiger partial charge is 0.251 e. The number of nitrogens with zero attached hydrogens (tertiary/aromatic N) is 1. The number of ether oxygens (including phenoxy) is 1. The zero-order valence-corrected chi connectivity index (χ0v) is 16.8. The van der Waals surface area contributed by atoms with Gasteiger partial charge < -0.3 is 15.0 Å². The van der Waals surface area contributed by atoms with Gasteiger partial charge in [0.15, 0.2) is 0 Å². The molecule has 156 valence electrons. The normalized spacial score (nSPS) is 11.8. The molecule has 0 radical (unpaired) electrons. The molecule has 0 aliphatic carbocycles. The van der Waals surface area contributed by atoms with E-state index in [4.69, 9.17) is 4.74 Å². The van der Waals surface area contributed by atoms with Gasteiger partial charge in [-0.05, 0) is 60.9 Å². The van der Waals surface area contributed by atoms with Crippen LogP contribution in [0.3, 0.4) is 0 Å². The molecule has 0 aliphatic heterocycles. The molecule has 0 spiro atoms. The maximum Gasteiger partial charge on any atom is 0.251 e. The van der Waals surface area contributed by atoms with Gasteiger partial charge >= 0.3 is 0 Å². The number of hydrogen-bond acceptors (Lipinski definition) is 3. The Kier molecular flexibility index (Phi) is 8.12. The van der Waals surface area contributed by atoms with E-state index in [1.54, 1.807) is 24.1 Å². The lowest BCUT2D eigenvalue weighted by molar-refractivity contribution is -0.133. The summed E-state index contributed by atoms with van der Waals surface area (Å²) in [5, 5.41) is 2.74. The number of amides is 2. The molecule has 2 rings (SSSR count). The maximum atomic E-state index is 13.0. The molecule has 0 saturated heterocycles. The number of carbonyl (C=O) groups is 2. The Morgan fingerprint density at radius 3 is 2.10 bits per heavy atom. The summed E-state index contributed by atoms with van der Waals surface area (Å²) in [6.45, 7) is 4.51. The first-order valence-corrected chi connectivity index (χ1v) is 9.47. The van der Waals surface area contributed by atoms with Crippen molar-refractivity contribution in [3.8, 4) is 5.75 Å². The van der Waals surface area contributed by atoms with Gasteiger partial charge in [-0.2, -0.15) is 0 Å². The van der Waals surface area contributed by atoms with Gasteiger partial charge in [-0.1, -0.05) is 13.8 Å². The van der Waals surface area contributed by atoms with Gasteiger partial charge in [0.1, 0.15) is 23.4 Å². The molecule has 7 heteroatoms. The van der Waals surface area contributed by atoms with E-state index in [9.17, 15) is 18.4 Å². The molecule has 5 nitrogen and oxygen atoms in total. The van der Waals surface area contributed by atoms with Crippen molar-refractivity contribution in [2.75, 3.05) is 20.2 Å². The Hall–Kier alpha value is -2.96. The fourth-order valence-electron chi connectivity index (χ4n) is 2.71. The van der Waals surface area contributed by atoms with E-state index in [1.165, 1.54) is 36.4 Å². The molecule has 0 aromatic heterocycles. The summed E-state index contributed by atoms with van der Waals surface area (Å²) >= 11 is 0. The Morgan fingerprint density at radius 1 is 1.00 bits per heavy atom. The monoisotopic (exact) mass is 404 g/mol. The van der Waals surface area contributed by atoms with Crippen LogP contribution in [0, 0.1) is 17.6 Å². The Morgan fingerprint density at radius 2 is 1.55 bits per heavy atom. The van der Waals surface area contributed by atoms with E-state index < -0.39 is 17.8 Å². The number of benzene rings is 2. The number of likely N-dealkylation sites (N-methyl/N-ethyl adjacent to an activating group) is 1. The minimum Gasteiger partial charge on any atom is -0.494 e. The Labute approximate surface area is 169 Å². The van der Waals surface area contributed by atoms with Crippen LogP contribution in [0.25, 0.3) is 0 Å². The molecule has 1 atom stereocenters. The molecule has 1 N–H and O–H groups in total. The van der Waals surface area contributed by atoms with E-state index in [0.717, 1.165) is 0 Å². The summed E-state index contributed by atoms with van der Waals surface area (Å²) in [6, 6.07) is 10.2. The van der Waals surface area contributed by atoms with Gasteiger partial charge in [0.25, 0.3) is 5.91 Å². The standard InChI is InChI=1S/C22H26F2N2O3/c1-15(2)20(25-21(27)16-5-7-17(23)8-6-16)22(28)26(3)13-4-14-29-19-11-9-18(24)10-12-19/h5-12,15,20H,4,13-14H2,1-3H3,(H,25,27). The van der Waals surface area contributed by atoms with Gasteiger partial charge in [0.2, 0.25) is 5.91 Å². The summed E-state index contributed by atoms with van der Waals surface area (Å²) < 4.78 is 31.4. The van der Waals surface area contributed by atoms with Crippen molar-refractivity contribution >= 4 is 11.8 Å². The van der Waals surface area contributed by atoms with Crippen molar-refractivity contribution < 1.29 is 23.1 Å². The zero-order chi connectivity index (χ0) is 21.4. The molecule has 1 unspecified atom stereocenters. The highest BCUT2D eigenvalue weighted by Crippen LogP contribution is 2.12. The second kappa shape index (κ2) is 10.5. The summed E-state index contributed by atoms with van der Waals surface area (Å²) in [4.78, 5) is 26.7. The molecule has 2 amide bonds. The number of nitrogens with one attached hydrogen (secondary N) is 1. The molecule has 0 saturated carbocycles. The van der Waals surface area contributed by atoms with Gasteiger partial charge in [-0.25, -0.2) is 8.78 Å².